The molecule has 1 aromatic carbocycles. The highest BCUT2D eigenvalue weighted by atomic mass is 16.5. The molecule has 0 aromatic heterocycles. The molecule has 0 spiro atoms. The van der Waals surface area contributed by atoms with Gasteiger partial charge in [0, 0.05) is 0 Å². The minimum absolute atomic E-state index is 0.252. The molecular weight excluding hydrogens is 181 g/mol. The third-order valence-corrected chi connectivity index (χ3v) is 1.51. The lowest BCUT2D eigenvalue weighted by molar-refractivity contribution is 0.112. The zero-order valence-corrected chi connectivity index (χ0v) is 7.69. The van der Waals surface area contributed by atoms with E-state index in [1.54, 1.807) is 31.1 Å². The molecule has 1 rings (SSSR count). The van der Waals surface area contributed by atoms with Crippen LogP contribution in [0.15, 0.2) is 24.3 Å². The molecule has 0 aliphatic heterocycles. The van der Waals surface area contributed by atoms with Gasteiger partial charge in [-0.15, -0.1) is 0 Å². The highest BCUT2D eigenvalue weighted by molar-refractivity contribution is 6.34. The van der Waals surface area contributed by atoms with Crippen molar-refractivity contribution in [2.24, 2.45) is 0 Å². The quantitative estimate of drug-likeness (QED) is 0.576. The molecule has 0 heterocycles. The van der Waals surface area contributed by atoms with Crippen LogP contribution in [0.5, 0.6) is 5.75 Å². The molecule has 1 amide bonds. The molecule has 1 radical (unpaired) electrons. The summed E-state index contributed by atoms with van der Waals surface area (Å²) >= 11 is 0. The first-order valence-corrected chi connectivity index (χ1v) is 4.08. The number of amides is 1. The van der Waals surface area contributed by atoms with Gasteiger partial charge in [-0.1, -0.05) is 19.0 Å². The molecule has 5 heteroatoms. The second-order valence-corrected chi connectivity index (χ2v) is 2.48. The lowest BCUT2D eigenvalue weighted by Crippen LogP contribution is -2.28. The van der Waals surface area contributed by atoms with Crippen LogP contribution in [-0.4, -0.2) is 19.8 Å². The second kappa shape index (κ2) is 5.06. The van der Waals surface area contributed by atoms with Crippen molar-refractivity contribution in [3.8, 4) is 5.75 Å². The van der Waals surface area contributed by atoms with Crippen molar-refractivity contribution in [2.75, 3.05) is 0 Å². The normalized spacial score (nSPS) is 8.93. The molecule has 4 nitrogen and oxygen atoms in total. The van der Waals surface area contributed by atoms with E-state index < -0.39 is 6.09 Å². The Hall–Kier alpha value is -1.78. The van der Waals surface area contributed by atoms with Gasteiger partial charge in [0.05, 0.1) is 5.56 Å². The second-order valence-electron chi connectivity index (χ2n) is 2.48. The summed E-state index contributed by atoms with van der Waals surface area (Å²) in [6.45, 7) is 1.66. The third kappa shape index (κ3) is 2.62. The molecule has 1 N–H and O–H groups in total. The molecule has 1 aromatic rings. The molecule has 0 fully saturated rings. The Labute approximate surface area is 82.5 Å². The lowest BCUT2D eigenvalue weighted by Gasteiger charge is -2.05. The number of carbonyl (C=O) groups excluding carboxylic acids is 2. The molecule has 0 bridgehead atoms. The Morgan fingerprint density at radius 2 is 2.21 bits per heavy atom. The van der Waals surface area contributed by atoms with Gasteiger partial charge in [-0.05, 0) is 12.1 Å². The number of carbonyl (C=O) groups is 2. The summed E-state index contributed by atoms with van der Waals surface area (Å²) in [4.78, 5) is 21.5. The van der Waals surface area contributed by atoms with Crippen LogP contribution >= 0.6 is 0 Å². The van der Waals surface area contributed by atoms with E-state index in [-0.39, 0.29) is 5.75 Å². The molecule has 0 saturated heterocycles. The lowest BCUT2D eigenvalue weighted by atomic mass is 10.0. The van der Waals surface area contributed by atoms with E-state index in [1.807, 2.05) is 0 Å². The van der Waals surface area contributed by atoms with Crippen LogP contribution in [0.2, 0.25) is 6.82 Å². The van der Waals surface area contributed by atoms with Crippen molar-refractivity contribution in [3.05, 3.63) is 29.8 Å². The SMILES string of the molecule is C[B]NC(=O)Oc1ccccc1C=O. The predicted molar refractivity (Wildman–Crippen MR) is 52.6 cm³/mol. The van der Waals surface area contributed by atoms with E-state index >= 15 is 0 Å². The van der Waals surface area contributed by atoms with Crippen molar-refractivity contribution >= 4 is 19.8 Å². The topological polar surface area (TPSA) is 55.4 Å². The molecule has 0 saturated carbocycles. The van der Waals surface area contributed by atoms with Crippen LogP contribution in [0, 0.1) is 0 Å². The Morgan fingerprint density at radius 1 is 1.50 bits per heavy atom. The monoisotopic (exact) mass is 190 g/mol. The third-order valence-electron chi connectivity index (χ3n) is 1.51. The average molecular weight is 190 g/mol. The highest BCUT2D eigenvalue weighted by Gasteiger charge is 2.06. The van der Waals surface area contributed by atoms with Crippen molar-refractivity contribution in [3.63, 3.8) is 0 Å². The van der Waals surface area contributed by atoms with E-state index in [0.29, 0.717) is 11.8 Å². The van der Waals surface area contributed by atoms with Gasteiger partial charge in [-0.25, -0.2) is 4.79 Å². The Morgan fingerprint density at radius 3 is 2.86 bits per heavy atom. The van der Waals surface area contributed by atoms with Crippen LogP contribution in [0.1, 0.15) is 10.4 Å². The van der Waals surface area contributed by atoms with E-state index in [9.17, 15) is 9.59 Å². The fraction of sp³-hybridized carbons (Fsp3) is 0.111. The van der Waals surface area contributed by atoms with Crippen molar-refractivity contribution in [2.45, 2.75) is 6.82 Å². The minimum Gasteiger partial charge on any atom is -0.410 e. The first-order chi connectivity index (χ1) is 6.77. The zero-order chi connectivity index (χ0) is 10.4. The van der Waals surface area contributed by atoms with Crippen LogP contribution in [-0.2, 0) is 0 Å². The number of para-hydroxylation sites is 1. The highest BCUT2D eigenvalue weighted by Crippen LogP contribution is 2.15. The van der Waals surface area contributed by atoms with E-state index in [1.165, 1.54) is 7.41 Å². The Kier molecular flexibility index (Phi) is 3.73. The van der Waals surface area contributed by atoms with Gasteiger partial charge >= 0.3 is 6.09 Å². The van der Waals surface area contributed by atoms with Crippen molar-refractivity contribution in [1.82, 2.24) is 5.23 Å². The van der Waals surface area contributed by atoms with E-state index in [0.717, 1.165) is 0 Å². The fourth-order valence-electron chi connectivity index (χ4n) is 0.918. The summed E-state index contributed by atoms with van der Waals surface area (Å²) in [6.07, 6.45) is 0.0277. The number of aldehydes is 1. The van der Waals surface area contributed by atoms with Gasteiger partial charge in [0.15, 0.2) is 6.29 Å². The van der Waals surface area contributed by atoms with Crippen LogP contribution in [0.4, 0.5) is 4.79 Å². The molecule has 0 aliphatic rings. The molecule has 14 heavy (non-hydrogen) atoms. The fourth-order valence-corrected chi connectivity index (χ4v) is 0.918. The number of nitrogens with one attached hydrogen (secondary N) is 1. The van der Waals surface area contributed by atoms with E-state index in [4.69, 9.17) is 4.74 Å². The molecule has 0 atom stereocenters. The smallest absolute Gasteiger partial charge is 0.399 e. The van der Waals surface area contributed by atoms with Crippen LogP contribution in [0.25, 0.3) is 0 Å². The summed E-state index contributed by atoms with van der Waals surface area (Å²) in [7, 11) is 1.45. The minimum atomic E-state index is -0.609. The number of benzene rings is 1. The Bertz CT molecular complexity index is 341. The maximum absolute atomic E-state index is 11.0. The maximum atomic E-state index is 11.0. The Balaban J connectivity index is 2.75. The van der Waals surface area contributed by atoms with Crippen LogP contribution < -0.4 is 9.96 Å². The molecule has 0 unspecified atom stereocenters. The summed E-state index contributed by atoms with van der Waals surface area (Å²) < 4.78 is 4.86. The van der Waals surface area contributed by atoms with Gasteiger partial charge in [0.25, 0.3) is 0 Å². The van der Waals surface area contributed by atoms with Gasteiger partial charge < -0.3 is 9.96 Å². The van der Waals surface area contributed by atoms with Crippen molar-refractivity contribution in [1.29, 1.82) is 0 Å². The number of ether oxygens (including phenoxy) is 1. The number of hydrogen-bond acceptors (Lipinski definition) is 3. The number of hydrogen-bond donors (Lipinski definition) is 1. The largest absolute Gasteiger partial charge is 0.410 e. The van der Waals surface area contributed by atoms with Gasteiger partial charge in [0.1, 0.15) is 5.75 Å². The standard InChI is InChI=1S/C9H9BNO3/c1-10-11-9(13)14-8-5-3-2-4-7(8)6-12/h2-6H,1H3,(H,11,13). The van der Waals surface area contributed by atoms with Gasteiger partial charge in [-0.2, -0.15) is 0 Å². The molecule has 71 valence electrons. The average Bonchev–Trinajstić information content (AvgIpc) is 2.19. The van der Waals surface area contributed by atoms with Gasteiger partial charge in [-0.3, -0.25) is 4.79 Å². The summed E-state index contributed by atoms with van der Waals surface area (Å²) in [5.41, 5.74) is 0.346. The maximum Gasteiger partial charge on any atom is 0.399 e. The summed E-state index contributed by atoms with van der Waals surface area (Å²) in [5, 5.41) is 2.34. The predicted octanol–water partition coefficient (Wildman–Crippen LogP) is 1.25. The van der Waals surface area contributed by atoms with Gasteiger partial charge in [0.2, 0.25) is 7.41 Å². The van der Waals surface area contributed by atoms with Crippen LogP contribution in [0.3, 0.4) is 0 Å². The van der Waals surface area contributed by atoms with E-state index in [2.05, 4.69) is 5.23 Å². The summed E-state index contributed by atoms with van der Waals surface area (Å²) in [5.74, 6) is 0.252. The zero-order valence-electron chi connectivity index (χ0n) is 7.69. The van der Waals surface area contributed by atoms with Crippen molar-refractivity contribution < 1.29 is 14.3 Å². The molecular formula is C9H9BNO3. The number of rotatable bonds is 3. The molecule has 0 aliphatic carbocycles. The summed E-state index contributed by atoms with van der Waals surface area (Å²) in [6, 6.07) is 6.51. The first kappa shape index (κ1) is 10.3. The first-order valence-electron chi connectivity index (χ1n) is 4.08.